The number of carbonyl (C=O) groups is 1. The van der Waals surface area contributed by atoms with Crippen molar-refractivity contribution in [1.82, 2.24) is 5.32 Å². The Morgan fingerprint density at radius 2 is 1.81 bits per heavy atom. The van der Waals surface area contributed by atoms with E-state index in [1.165, 1.54) is 42.7 Å². The van der Waals surface area contributed by atoms with Crippen LogP contribution in [0.25, 0.3) is 0 Å². The van der Waals surface area contributed by atoms with Gasteiger partial charge in [0.1, 0.15) is 11.6 Å². The van der Waals surface area contributed by atoms with E-state index in [9.17, 15) is 17.6 Å². The summed E-state index contributed by atoms with van der Waals surface area (Å²) < 4.78 is 45.6. The van der Waals surface area contributed by atoms with Gasteiger partial charge in [0.15, 0.2) is 0 Å². The summed E-state index contributed by atoms with van der Waals surface area (Å²) in [5.41, 5.74) is 0.410. The molecule has 27 heavy (non-hydrogen) atoms. The number of hydrogen-bond donors (Lipinski definition) is 2. The highest BCUT2D eigenvalue weighted by atomic mass is 32.2. The second-order valence-electron chi connectivity index (χ2n) is 5.85. The molecule has 1 atom stereocenters. The Bertz CT molecular complexity index is 1030. The fraction of sp³-hybridized carbons (Fsp3) is 0.105. The van der Waals surface area contributed by atoms with Crippen LogP contribution < -0.4 is 10.0 Å². The number of furan rings is 1. The molecule has 0 bridgehead atoms. The van der Waals surface area contributed by atoms with Crippen molar-refractivity contribution >= 4 is 21.6 Å². The van der Waals surface area contributed by atoms with Gasteiger partial charge < -0.3 is 9.73 Å². The summed E-state index contributed by atoms with van der Waals surface area (Å²) in [5, 5.41) is 2.74. The lowest BCUT2D eigenvalue weighted by Gasteiger charge is -2.13. The predicted molar refractivity (Wildman–Crippen MR) is 98.2 cm³/mol. The molecule has 1 heterocycles. The lowest BCUT2D eigenvalue weighted by molar-refractivity contribution is 0.0935. The average Bonchev–Trinajstić information content (AvgIpc) is 3.18. The van der Waals surface area contributed by atoms with Crippen molar-refractivity contribution in [2.45, 2.75) is 17.9 Å². The van der Waals surface area contributed by atoms with Gasteiger partial charge in [0.05, 0.1) is 17.2 Å². The van der Waals surface area contributed by atoms with Crippen LogP contribution >= 0.6 is 0 Å². The molecule has 0 unspecified atom stereocenters. The second kappa shape index (κ2) is 7.63. The Balaban J connectivity index is 1.77. The van der Waals surface area contributed by atoms with E-state index in [0.717, 1.165) is 12.1 Å². The van der Waals surface area contributed by atoms with E-state index in [0.29, 0.717) is 5.76 Å². The number of sulfonamides is 1. The molecule has 140 valence electrons. The third kappa shape index (κ3) is 4.53. The van der Waals surface area contributed by atoms with Gasteiger partial charge in [0, 0.05) is 11.3 Å². The van der Waals surface area contributed by atoms with Crippen LogP contribution in [-0.2, 0) is 10.0 Å². The molecule has 0 aliphatic carbocycles. The van der Waals surface area contributed by atoms with Crippen LogP contribution in [0, 0.1) is 5.82 Å². The molecule has 6 nitrogen and oxygen atoms in total. The summed E-state index contributed by atoms with van der Waals surface area (Å²) in [4.78, 5) is 12.3. The summed E-state index contributed by atoms with van der Waals surface area (Å²) >= 11 is 0. The maximum absolute atomic E-state index is 13.0. The number of hydrogen-bond acceptors (Lipinski definition) is 4. The third-order valence-electron chi connectivity index (χ3n) is 3.82. The van der Waals surface area contributed by atoms with E-state index in [2.05, 4.69) is 10.0 Å². The smallest absolute Gasteiger partial charge is 0.261 e. The zero-order chi connectivity index (χ0) is 19.4. The van der Waals surface area contributed by atoms with Crippen LogP contribution in [-0.4, -0.2) is 14.3 Å². The van der Waals surface area contributed by atoms with Crippen LogP contribution in [0.1, 0.15) is 29.1 Å². The maximum atomic E-state index is 13.0. The molecule has 3 rings (SSSR count). The summed E-state index contributed by atoms with van der Waals surface area (Å²) in [5.74, 6) is -0.315. The minimum absolute atomic E-state index is 0.0786. The van der Waals surface area contributed by atoms with E-state index < -0.39 is 21.7 Å². The molecular formula is C19H17FN2O4S. The molecule has 0 fully saturated rings. The highest BCUT2D eigenvalue weighted by Gasteiger charge is 2.18. The summed E-state index contributed by atoms with van der Waals surface area (Å²) in [6.07, 6.45) is 1.51. The van der Waals surface area contributed by atoms with Gasteiger partial charge in [-0.05, 0) is 61.5 Å². The average molecular weight is 388 g/mol. The Hall–Kier alpha value is -3.13. The van der Waals surface area contributed by atoms with Crippen LogP contribution in [0.2, 0.25) is 0 Å². The topological polar surface area (TPSA) is 88.4 Å². The number of rotatable bonds is 6. The monoisotopic (exact) mass is 388 g/mol. The van der Waals surface area contributed by atoms with Crippen LogP contribution in [0.15, 0.2) is 76.2 Å². The van der Waals surface area contributed by atoms with Gasteiger partial charge in [0.2, 0.25) is 0 Å². The van der Waals surface area contributed by atoms with E-state index in [1.54, 1.807) is 19.1 Å². The highest BCUT2D eigenvalue weighted by Crippen LogP contribution is 2.19. The number of halogens is 1. The predicted octanol–water partition coefficient (Wildman–Crippen LogP) is 3.71. The van der Waals surface area contributed by atoms with Gasteiger partial charge in [-0.2, -0.15) is 0 Å². The first-order chi connectivity index (χ1) is 12.8. The van der Waals surface area contributed by atoms with Crippen molar-refractivity contribution in [3.8, 4) is 0 Å². The van der Waals surface area contributed by atoms with Crippen LogP contribution in [0.5, 0.6) is 0 Å². The molecule has 8 heteroatoms. The molecule has 0 saturated carbocycles. The Labute approximate surface area is 156 Å². The molecule has 0 spiro atoms. The quantitative estimate of drug-likeness (QED) is 0.674. The molecule has 3 aromatic rings. The minimum Gasteiger partial charge on any atom is -0.467 e. The molecule has 0 aliphatic rings. The normalized spacial score (nSPS) is 12.4. The highest BCUT2D eigenvalue weighted by molar-refractivity contribution is 7.92. The van der Waals surface area contributed by atoms with E-state index in [1.807, 2.05) is 0 Å². The standard InChI is InChI=1S/C19H17FN2O4S/c1-13(18-6-3-11-26-18)21-19(23)14-4-2-5-17(12-14)27(24,25)22-16-9-7-15(20)8-10-16/h2-13,22H,1H3,(H,21,23)/t13-/m0/s1. The first-order valence-electron chi connectivity index (χ1n) is 8.08. The molecule has 1 aromatic heterocycles. The van der Waals surface area contributed by atoms with Gasteiger partial charge in [-0.25, -0.2) is 12.8 Å². The summed E-state index contributed by atoms with van der Waals surface area (Å²) in [6, 6.07) is 13.6. The van der Waals surface area contributed by atoms with Crippen molar-refractivity contribution in [3.63, 3.8) is 0 Å². The zero-order valence-electron chi connectivity index (χ0n) is 14.3. The number of benzene rings is 2. The summed E-state index contributed by atoms with van der Waals surface area (Å²) in [7, 11) is -3.92. The lowest BCUT2D eigenvalue weighted by atomic mass is 10.2. The van der Waals surface area contributed by atoms with Crippen molar-refractivity contribution < 1.29 is 22.0 Å². The number of nitrogens with one attached hydrogen (secondary N) is 2. The van der Waals surface area contributed by atoms with Crippen LogP contribution in [0.4, 0.5) is 10.1 Å². The van der Waals surface area contributed by atoms with E-state index >= 15 is 0 Å². The van der Waals surface area contributed by atoms with Gasteiger partial charge in [-0.15, -0.1) is 0 Å². The fourth-order valence-electron chi connectivity index (χ4n) is 2.43. The maximum Gasteiger partial charge on any atom is 0.261 e. The first kappa shape index (κ1) is 18.7. The Kier molecular flexibility index (Phi) is 5.27. The van der Waals surface area contributed by atoms with Gasteiger partial charge in [-0.3, -0.25) is 9.52 Å². The molecule has 0 aliphatic heterocycles. The summed E-state index contributed by atoms with van der Waals surface area (Å²) in [6.45, 7) is 1.76. The fourth-order valence-corrected chi connectivity index (χ4v) is 3.53. The minimum atomic E-state index is -3.92. The van der Waals surface area contributed by atoms with E-state index in [-0.39, 0.29) is 22.2 Å². The number of carbonyl (C=O) groups excluding carboxylic acids is 1. The van der Waals surface area contributed by atoms with Crippen molar-refractivity contribution in [1.29, 1.82) is 0 Å². The van der Waals surface area contributed by atoms with Gasteiger partial charge >= 0.3 is 0 Å². The van der Waals surface area contributed by atoms with Crippen molar-refractivity contribution in [3.05, 3.63) is 84.1 Å². The molecule has 2 N–H and O–H groups in total. The first-order valence-corrected chi connectivity index (χ1v) is 9.56. The number of anilines is 1. The molecular weight excluding hydrogens is 371 g/mol. The van der Waals surface area contributed by atoms with Crippen LogP contribution in [0.3, 0.4) is 0 Å². The molecule has 2 aromatic carbocycles. The van der Waals surface area contributed by atoms with Gasteiger partial charge in [-0.1, -0.05) is 6.07 Å². The lowest BCUT2D eigenvalue weighted by Crippen LogP contribution is -2.26. The molecule has 0 saturated heterocycles. The van der Waals surface area contributed by atoms with Crippen molar-refractivity contribution in [2.75, 3.05) is 4.72 Å². The second-order valence-corrected chi connectivity index (χ2v) is 7.53. The zero-order valence-corrected chi connectivity index (χ0v) is 15.2. The van der Waals surface area contributed by atoms with E-state index in [4.69, 9.17) is 4.42 Å². The molecule has 0 radical (unpaired) electrons. The third-order valence-corrected chi connectivity index (χ3v) is 5.20. The SMILES string of the molecule is C[C@H](NC(=O)c1cccc(S(=O)(=O)Nc2ccc(F)cc2)c1)c1ccco1. The largest absolute Gasteiger partial charge is 0.467 e. The van der Waals surface area contributed by atoms with Crippen molar-refractivity contribution in [2.24, 2.45) is 0 Å². The van der Waals surface area contributed by atoms with Gasteiger partial charge in [0.25, 0.3) is 15.9 Å². The number of amides is 1. The Morgan fingerprint density at radius 1 is 1.07 bits per heavy atom. The molecule has 1 amide bonds. The Morgan fingerprint density at radius 3 is 2.48 bits per heavy atom.